The highest BCUT2D eigenvalue weighted by atomic mass is 19.1. The molecule has 21 heavy (non-hydrogen) atoms. The molecule has 0 fully saturated rings. The molecule has 0 saturated carbocycles. The fourth-order valence-electron chi connectivity index (χ4n) is 2.04. The molecule has 2 aromatic rings. The summed E-state index contributed by atoms with van der Waals surface area (Å²) in [6, 6.07) is 8.31. The molecule has 110 valence electrons. The molecule has 0 heterocycles. The normalized spacial score (nSPS) is 10.3. The second kappa shape index (κ2) is 5.78. The molecule has 0 aliphatic carbocycles. The number of methoxy groups -OCH3 is 1. The van der Waals surface area contributed by atoms with E-state index in [1.54, 1.807) is 24.3 Å². The first-order valence-electron chi connectivity index (χ1n) is 6.04. The summed E-state index contributed by atoms with van der Waals surface area (Å²) in [7, 11) is 2.92. The zero-order valence-electron chi connectivity index (χ0n) is 11.4. The number of halogens is 2. The van der Waals surface area contributed by atoms with Crippen molar-refractivity contribution in [2.24, 2.45) is 0 Å². The van der Waals surface area contributed by atoms with Gasteiger partial charge in [0.1, 0.15) is 11.4 Å². The van der Waals surface area contributed by atoms with Crippen molar-refractivity contribution in [3.8, 4) is 5.75 Å². The zero-order valence-corrected chi connectivity index (χ0v) is 11.4. The molecule has 0 aromatic heterocycles. The molecule has 4 nitrogen and oxygen atoms in total. The Bertz CT molecular complexity index is 665. The van der Waals surface area contributed by atoms with E-state index in [0.717, 1.165) is 12.1 Å². The van der Waals surface area contributed by atoms with Crippen LogP contribution in [0, 0.1) is 11.6 Å². The van der Waals surface area contributed by atoms with Gasteiger partial charge in [-0.15, -0.1) is 0 Å². The predicted molar refractivity (Wildman–Crippen MR) is 74.4 cm³/mol. The van der Waals surface area contributed by atoms with Crippen molar-refractivity contribution >= 4 is 17.3 Å². The first-order chi connectivity index (χ1) is 9.95. The third kappa shape index (κ3) is 2.79. The lowest BCUT2D eigenvalue weighted by Crippen LogP contribution is -2.15. The van der Waals surface area contributed by atoms with Gasteiger partial charge in [0.15, 0.2) is 11.6 Å². The summed E-state index contributed by atoms with van der Waals surface area (Å²) in [4.78, 5) is 12.1. The lowest BCUT2D eigenvalue weighted by Gasteiger charge is -2.23. The molecule has 6 heteroatoms. The maximum atomic E-state index is 14.1. The van der Waals surface area contributed by atoms with Gasteiger partial charge in [-0.05, 0) is 24.3 Å². The highest BCUT2D eigenvalue weighted by molar-refractivity contribution is 5.88. The van der Waals surface area contributed by atoms with E-state index in [2.05, 4.69) is 0 Å². The molecule has 0 saturated heterocycles. The topological polar surface area (TPSA) is 49.8 Å². The van der Waals surface area contributed by atoms with E-state index in [4.69, 9.17) is 9.84 Å². The van der Waals surface area contributed by atoms with E-state index in [9.17, 15) is 13.6 Å². The third-order valence-electron chi connectivity index (χ3n) is 3.05. The van der Waals surface area contributed by atoms with Crippen molar-refractivity contribution in [2.45, 2.75) is 0 Å². The van der Waals surface area contributed by atoms with Crippen LogP contribution in [0.3, 0.4) is 0 Å². The average molecular weight is 293 g/mol. The summed E-state index contributed by atoms with van der Waals surface area (Å²) >= 11 is 0. The van der Waals surface area contributed by atoms with E-state index < -0.39 is 23.2 Å². The van der Waals surface area contributed by atoms with Crippen molar-refractivity contribution in [3.05, 3.63) is 53.6 Å². The van der Waals surface area contributed by atoms with Gasteiger partial charge in [-0.25, -0.2) is 13.6 Å². The first-order valence-corrected chi connectivity index (χ1v) is 6.04. The molecule has 0 aliphatic heterocycles. The molecule has 0 spiro atoms. The smallest absolute Gasteiger partial charge is 0.335 e. The third-order valence-corrected chi connectivity index (χ3v) is 3.05. The van der Waals surface area contributed by atoms with Crippen LogP contribution in [-0.4, -0.2) is 25.2 Å². The van der Waals surface area contributed by atoms with Crippen LogP contribution in [0.4, 0.5) is 20.2 Å². The number of anilines is 2. The van der Waals surface area contributed by atoms with Gasteiger partial charge in [0.05, 0.1) is 18.4 Å². The molecule has 0 unspecified atom stereocenters. The largest absolute Gasteiger partial charge is 0.495 e. The Morgan fingerprint density at radius 2 is 1.76 bits per heavy atom. The highest BCUT2D eigenvalue weighted by Crippen LogP contribution is 2.35. The van der Waals surface area contributed by atoms with Gasteiger partial charge < -0.3 is 14.7 Å². The lowest BCUT2D eigenvalue weighted by atomic mass is 10.1. The van der Waals surface area contributed by atoms with Crippen LogP contribution >= 0.6 is 0 Å². The number of nitrogens with zero attached hydrogens (tertiary/aromatic N) is 1. The van der Waals surface area contributed by atoms with E-state index >= 15 is 0 Å². The van der Waals surface area contributed by atoms with E-state index in [0.29, 0.717) is 11.4 Å². The molecule has 0 aliphatic rings. The highest BCUT2D eigenvalue weighted by Gasteiger charge is 2.20. The monoisotopic (exact) mass is 293 g/mol. The number of carbonyl (C=O) groups is 1. The number of aromatic carboxylic acids is 1. The Hall–Kier alpha value is -2.63. The van der Waals surface area contributed by atoms with Crippen LogP contribution in [0.1, 0.15) is 10.4 Å². The minimum atomic E-state index is -1.39. The van der Waals surface area contributed by atoms with Crippen LogP contribution in [0.5, 0.6) is 5.75 Å². The van der Waals surface area contributed by atoms with Gasteiger partial charge in [0.2, 0.25) is 0 Å². The van der Waals surface area contributed by atoms with Crippen molar-refractivity contribution in [1.82, 2.24) is 0 Å². The summed E-state index contributed by atoms with van der Waals surface area (Å²) < 4.78 is 33.3. The van der Waals surface area contributed by atoms with Crippen LogP contribution < -0.4 is 9.64 Å². The molecule has 2 aromatic carbocycles. The van der Waals surface area contributed by atoms with Crippen molar-refractivity contribution < 1.29 is 23.4 Å². The lowest BCUT2D eigenvalue weighted by molar-refractivity contribution is 0.0696. The molecular weight excluding hydrogens is 280 g/mol. The molecule has 0 bridgehead atoms. The number of para-hydroxylation sites is 2. The van der Waals surface area contributed by atoms with Gasteiger partial charge in [0, 0.05) is 7.05 Å². The standard InChI is InChI=1S/C15H13F2NO3/c1-18(12-5-3-4-6-13(12)21-2)14-10(16)7-9(15(19)20)8-11(14)17/h3-8H,1-2H3,(H,19,20). The van der Waals surface area contributed by atoms with Gasteiger partial charge >= 0.3 is 5.97 Å². The summed E-state index contributed by atoms with van der Waals surface area (Å²) in [5.74, 6) is -2.86. The summed E-state index contributed by atoms with van der Waals surface area (Å²) in [6.45, 7) is 0. The molecular formula is C15H13F2NO3. The quantitative estimate of drug-likeness (QED) is 0.938. The predicted octanol–water partition coefficient (Wildman–Crippen LogP) is 3.44. The number of carboxylic acid groups (broad SMARTS) is 1. The molecule has 2 rings (SSSR count). The number of rotatable bonds is 4. The summed E-state index contributed by atoms with van der Waals surface area (Å²) in [6.07, 6.45) is 0. The number of carboxylic acids is 1. The summed E-state index contributed by atoms with van der Waals surface area (Å²) in [5, 5.41) is 8.80. The Balaban J connectivity index is 2.53. The molecule has 0 atom stereocenters. The van der Waals surface area contributed by atoms with Crippen LogP contribution in [-0.2, 0) is 0 Å². The van der Waals surface area contributed by atoms with Crippen molar-refractivity contribution in [2.75, 3.05) is 19.1 Å². The SMILES string of the molecule is COc1ccccc1N(C)c1c(F)cc(C(=O)O)cc1F. The first kappa shape index (κ1) is 14.8. The fourth-order valence-corrected chi connectivity index (χ4v) is 2.04. The van der Waals surface area contributed by atoms with Crippen LogP contribution in [0.25, 0.3) is 0 Å². The van der Waals surface area contributed by atoms with Crippen molar-refractivity contribution in [3.63, 3.8) is 0 Å². The number of hydrogen-bond donors (Lipinski definition) is 1. The maximum absolute atomic E-state index is 14.1. The summed E-state index contributed by atoms with van der Waals surface area (Å²) in [5.41, 5.74) is -0.326. The zero-order chi connectivity index (χ0) is 15.6. The van der Waals surface area contributed by atoms with Gasteiger partial charge in [0.25, 0.3) is 0 Å². The van der Waals surface area contributed by atoms with Gasteiger partial charge in [-0.2, -0.15) is 0 Å². The van der Waals surface area contributed by atoms with E-state index in [-0.39, 0.29) is 5.69 Å². The maximum Gasteiger partial charge on any atom is 0.335 e. The Morgan fingerprint density at radius 1 is 1.19 bits per heavy atom. The number of ether oxygens (including phenoxy) is 1. The molecule has 0 amide bonds. The number of hydrogen-bond acceptors (Lipinski definition) is 3. The Labute approximate surface area is 120 Å². The second-order valence-corrected chi connectivity index (χ2v) is 4.32. The van der Waals surface area contributed by atoms with Crippen molar-refractivity contribution in [1.29, 1.82) is 0 Å². The van der Waals surface area contributed by atoms with Crippen LogP contribution in [0.2, 0.25) is 0 Å². The van der Waals surface area contributed by atoms with Gasteiger partial charge in [-0.1, -0.05) is 12.1 Å². The number of benzene rings is 2. The average Bonchev–Trinajstić information content (AvgIpc) is 2.46. The second-order valence-electron chi connectivity index (χ2n) is 4.32. The minimum Gasteiger partial charge on any atom is -0.495 e. The van der Waals surface area contributed by atoms with E-state index in [1.807, 2.05) is 0 Å². The van der Waals surface area contributed by atoms with E-state index in [1.165, 1.54) is 19.1 Å². The fraction of sp³-hybridized carbons (Fsp3) is 0.133. The van der Waals surface area contributed by atoms with Gasteiger partial charge in [-0.3, -0.25) is 0 Å². The van der Waals surface area contributed by atoms with Crippen LogP contribution in [0.15, 0.2) is 36.4 Å². The molecule has 0 radical (unpaired) electrons. The minimum absolute atomic E-state index is 0.343. The Kier molecular flexibility index (Phi) is 4.07. The Morgan fingerprint density at radius 3 is 2.29 bits per heavy atom. The molecule has 1 N–H and O–H groups in total.